The molecule has 0 spiro atoms. The van der Waals surface area contributed by atoms with E-state index in [1.807, 2.05) is 91.9 Å². The van der Waals surface area contributed by atoms with Gasteiger partial charge in [-0.1, -0.05) is 72.8 Å². The summed E-state index contributed by atoms with van der Waals surface area (Å²) < 4.78 is 7.67. The fraction of sp³-hybridized carbons (Fsp3) is 0.148. The number of nitrogens with zero attached hydrogens (tertiary/aromatic N) is 3. The predicted octanol–water partition coefficient (Wildman–Crippen LogP) is 4.46. The highest BCUT2D eigenvalue weighted by molar-refractivity contribution is 5.96. The van der Waals surface area contributed by atoms with E-state index in [9.17, 15) is 4.79 Å². The fourth-order valence-electron chi connectivity index (χ4n) is 4.05. The quantitative estimate of drug-likeness (QED) is 0.434. The van der Waals surface area contributed by atoms with E-state index in [-0.39, 0.29) is 5.91 Å². The van der Waals surface area contributed by atoms with Crippen LogP contribution in [0.15, 0.2) is 103 Å². The second-order valence-electron chi connectivity index (χ2n) is 8.11. The minimum absolute atomic E-state index is 0.149. The Kier molecular flexibility index (Phi) is 6.07. The molecule has 0 saturated carbocycles. The number of amides is 1. The number of aromatic nitrogens is 3. The van der Waals surface area contributed by atoms with E-state index >= 15 is 0 Å². The molecular weight excluding hydrogens is 426 g/mol. The Labute approximate surface area is 198 Å². The van der Waals surface area contributed by atoms with Gasteiger partial charge in [-0.15, -0.1) is 0 Å². The smallest absolute Gasteiger partial charge is 0.251 e. The largest absolute Gasteiger partial charge is 0.489 e. The molecule has 0 radical (unpaired) electrons. The lowest BCUT2D eigenvalue weighted by molar-refractivity contribution is -0.118. The average molecular weight is 452 g/mol. The van der Waals surface area contributed by atoms with Crippen LogP contribution < -0.4 is 15.4 Å². The van der Waals surface area contributed by atoms with Crippen molar-refractivity contribution < 1.29 is 9.53 Å². The van der Waals surface area contributed by atoms with Crippen LogP contribution in [-0.2, 0) is 17.9 Å². The van der Waals surface area contributed by atoms with E-state index < -0.39 is 6.04 Å². The van der Waals surface area contributed by atoms with Crippen LogP contribution in [0.3, 0.4) is 0 Å². The molecule has 0 aliphatic carbocycles. The third-order valence-corrected chi connectivity index (χ3v) is 5.78. The lowest BCUT2D eigenvalue weighted by Gasteiger charge is -2.28. The maximum Gasteiger partial charge on any atom is 0.251 e. The maximum absolute atomic E-state index is 13.3. The zero-order chi connectivity index (χ0) is 23.3. The van der Waals surface area contributed by atoms with Gasteiger partial charge in [0, 0.05) is 12.2 Å². The van der Waals surface area contributed by atoms with Gasteiger partial charge in [0.2, 0.25) is 5.95 Å². The zero-order valence-corrected chi connectivity index (χ0v) is 18.8. The van der Waals surface area contributed by atoms with Crippen molar-refractivity contribution in [2.75, 3.05) is 5.32 Å². The number of benzene rings is 3. The maximum atomic E-state index is 13.3. The van der Waals surface area contributed by atoms with Crippen LogP contribution in [0.4, 0.5) is 5.95 Å². The molecule has 1 aromatic heterocycles. The molecule has 1 aliphatic rings. The van der Waals surface area contributed by atoms with Crippen LogP contribution in [0.1, 0.15) is 29.7 Å². The molecule has 2 heterocycles. The van der Waals surface area contributed by atoms with E-state index in [0.717, 1.165) is 28.1 Å². The van der Waals surface area contributed by atoms with E-state index in [4.69, 9.17) is 4.74 Å². The summed E-state index contributed by atoms with van der Waals surface area (Å²) in [6.45, 7) is 2.83. The number of rotatable bonds is 7. The van der Waals surface area contributed by atoms with Crippen molar-refractivity contribution in [3.63, 3.8) is 0 Å². The van der Waals surface area contributed by atoms with Gasteiger partial charge in [-0.3, -0.25) is 4.79 Å². The molecule has 3 aromatic carbocycles. The molecular formula is C27H25N5O2. The van der Waals surface area contributed by atoms with Gasteiger partial charge in [-0.25, -0.2) is 4.68 Å². The highest BCUT2D eigenvalue weighted by Gasteiger charge is 2.33. The van der Waals surface area contributed by atoms with Crippen LogP contribution in [0, 0.1) is 0 Å². The van der Waals surface area contributed by atoms with Crippen LogP contribution in [0.5, 0.6) is 5.75 Å². The number of ether oxygens (including phenoxy) is 1. The van der Waals surface area contributed by atoms with Gasteiger partial charge >= 0.3 is 0 Å². The molecule has 7 nitrogen and oxygen atoms in total. The lowest BCUT2D eigenvalue weighted by Crippen LogP contribution is -2.34. The van der Waals surface area contributed by atoms with Crippen LogP contribution in [-0.4, -0.2) is 20.7 Å². The molecule has 1 atom stereocenters. The molecule has 5 rings (SSSR count). The molecule has 0 bridgehead atoms. The monoisotopic (exact) mass is 451 g/mol. The lowest BCUT2D eigenvalue weighted by atomic mass is 9.95. The minimum atomic E-state index is -0.405. The summed E-state index contributed by atoms with van der Waals surface area (Å²) in [5, 5.41) is 10.6. The summed E-state index contributed by atoms with van der Waals surface area (Å²) in [6, 6.07) is 27.3. The predicted molar refractivity (Wildman–Crippen MR) is 130 cm³/mol. The topological polar surface area (TPSA) is 81.1 Å². The molecule has 7 heteroatoms. The number of fused-ring (bicyclic) bond motifs is 1. The van der Waals surface area contributed by atoms with E-state index in [0.29, 0.717) is 24.7 Å². The van der Waals surface area contributed by atoms with E-state index in [1.54, 1.807) is 4.68 Å². The van der Waals surface area contributed by atoms with Gasteiger partial charge in [-0.05, 0) is 35.7 Å². The molecule has 170 valence electrons. The molecule has 0 fully saturated rings. The first-order chi connectivity index (χ1) is 16.7. The highest BCUT2D eigenvalue weighted by Crippen LogP contribution is 2.35. The molecule has 4 aromatic rings. The number of hydrogen-bond acceptors (Lipinski definition) is 5. The third kappa shape index (κ3) is 4.54. The summed E-state index contributed by atoms with van der Waals surface area (Å²) in [5.74, 6) is 1.21. The van der Waals surface area contributed by atoms with Crippen LogP contribution in [0.2, 0.25) is 0 Å². The number of nitrogens with one attached hydrogen (secondary N) is 2. The first-order valence-corrected chi connectivity index (χ1v) is 11.1. The van der Waals surface area contributed by atoms with Gasteiger partial charge in [-0.2, -0.15) is 10.1 Å². The second kappa shape index (κ2) is 9.62. The summed E-state index contributed by atoms with van der Waals surface area (Å²) in [4.78, 5) is 17.6. The van der Waals surface area contributed by atoms with Crippen molar-refractivity contribution in [1.29, 1.82) is 0 Å². The van der Waals surface area contributed by atoms with Crippen molar-refractivity contribution >= 4 is 11.9 Å². The summed E-state index contributed by atoms with van der Waals surface area (Å²) in [7, 11) is 0. The van der Waals surface area contributed by atoms with Gasteiger partial charge in [0.1, 0.15) is 24.7 Å². The normalized spacial score (nSPS) is 14.8. The fourth-order valence-corrected chi connectivity index (χ4v) is 4.05. The second-order valence-corrected chi connectivity index (χ2v) is 8.11. The van der Waals surface area contributed by atoms with Gasteiger partial charge < -0.3 is 15.4 Å². The van der Waals surface area contributed by atoms with Crippen LogP contribution in [0.25, 0.3) is 0 Å². The van der Waals surface area contributed by atoms with E-state index in [2.05, 4.69) is 20.7 Å². The number of hydrogen-bond donors (Lipinski definition) is 2. The van der Waals surface area contributed by atoms with Crippen molar-refractivity contribution in [3.8, 4) is 5.75 Å². The summed E-state index contributed by atoms with van der Waals surface area (Å²) in [6.07, 6.45) is 1.49. The Morgan fingerprint density at radius 1 is 0.971 bits per heavy atom. The SMILES string of the molecule is CC1=C(C(=O)NCc2ccccc2)[C@H](c2ccc(OCc3ccccc3)cc2)n2ncnc2N1. The summed E-state index contributed by atoms with van der Waals surface area (Å²) >= 11 is 0. The van der Waals surface area contributed by atoms with Gasteiger partial charge in [0.05, 0.1) is 5.57 Å². The molecule has 1 amide bonds. The number of carbonyl (C=O) groups is 1. The van der Waals surface area contributed by atoms with Crippen molar-refractivity contribution in [2.45, 2.75) is 26.1 Å². The van der Waals surface area contributed by atoms with Crippen LogP contribution >= 0.6 is 0 Å². The zero-order valence-electron chi connectivity index (χ0n) is 18.8. The van der Waals surface area contributed by atoms with Crippen molar-refractivity contribution in [1.82, 2.24) is 20.1 Å². The first-order valence-electron chi connectivity index (χ1n) is 11.1. The number of allylic oxidation sites excluding steroid dienone is 1. The molecule has 0 saturated heterocycles. The molecule has 0 unspecified atom stereocenters. The Bertz CT molecular complexity index is 1300. The first kappa shape index (κ1) is 21.5. The number of anilines is 1. The Morgan fingerprint density at radius 3 is 2.35 bits per heavy atom. The van der Waals surface area contributed by atoms with Crippen molar-refractivity contribution in [2.24, 2.45) is 0 Å². The molecule has 2 N–H and O–H groups in total. The Hall–Kier alpha value is -4.39. The van der Waals surface area contributed by atoms with E-state index in [1.165, 1.54) is 6.33 Å². The van der Waals surface area contributed by atoms with Crippen molar-refractivity contribution in [3.05, 3.63) is 119 Å². The summed E-state index contributed by atoms with van der Waals surface area (Å²) in [5.41, 5.74) is 4.42. The van der Waals surface area contributed by atoms with Gasteiger partial charge in [0.25, 0.3) is 5.91 Å². The third-order valence-electron chi connectivity index (χ3n) is 5.78. The molecule has 1 aliphatic heterocycles. The minimum Gasteiger partial charge on any atom is -0.489 e. The highest BCUT2D eigenvalue weighted by atomic mass is 16.5. The number of carbonyl (C=O) groups excluding carboxylic acids is 1. The average Bonchev–Trinajstić information content (AvgIpc) is 3.35. The Balaban J connectivity index is 1.38. The molecule has 34 heavy (non-hydrogen) atoms. The standard InChI is InChI=1S/C27H25N5O2/c1-19-24(26(33)28-16-20-8-4-2-5-9-20)25(32-27(31-19)29-18-30-32)22-12-14-23(15-13-22)34-17-21-10-6-3-7-11-21/h2-15,18,25H,16-17H2,1H3,(H,28,33)(H,29,30,31)/t25-/m0/s1. The Morgan fingerprint density at radius 2 is 1.65 bits per heavy atom. The van der Waals surface area contributed by atoms with Gasteiger partial charge in [0.15, 0.2) is 0 Å².